The van der Waals surface area contributed by atoms with Crippen LogP contribution in [0.4, 0.5) is 0 Å². The molecular weight excluding hydrogens is 174 g/mol. The first kappa shape index (κ1) is 11.3. The van der Waals surface area contributed by atoms with Gasteiger partial charge in [0.25, 0.3) is 0 Å². The van der Waals surface area contributed by atoms with E-state index < -0.39 is 0 Å². The van der Waals surface area contributed by atoms with Crippen molar-refractivity contribution in [3.63, 3.8) is 0 Å². The summed E-state index contributed by atoms with van der Waals surface area (Å²) in [5.41, 5.74) is 5.60. The van der Waals surface area contributed by atoms with Crippen LogP contribution in [0.3, 0.4) is 0 Å². The Bertz CT molecular complexity index is 228. The molecule has 0 aromatic carbocycles. The van der Waals surface area contributed by atoms with Crippen LogP contribution in [0.1, 0.15) is 44.8 Å². The Balaban J connectivity index is 2.47. The minimum atomic E-state index is 0.511. The van der Waals surface area contributed by atoms with Crippen LogP contribution in [-0.2, 0) is 0 Å². The predicted octanol–water partition coefficient (Wildman–Crippen LogP) is 3.15. The Labute approximate surface area is 86.5 Å². The summed E-state index contributed by atoms with van der Waals surface area (Å²) in [7, 11) is 0. The molecule has 1 rings (SSSR count). The average molecular weight is 195 g/mol. The van der Waals surface area contributed by atoms with Crippen molar-refractivity contribution >= 4 is 0 Å². The van der Waals surface area contributed by atoms with Gasteiger partial charge in [-0.25, -0.2) is 0 Å². The quantitative estimate of drug-likeness (QED) is 0.757. The SMILES string of the molecule is CC(C)CC[C@H](CCN)c1ccco1. The largest absolute Gasteiger partial charge is 0.469 e. The van der Waals surface area contributed by atoms with Crippen molar-refractivity contribution in [2.75, 3.05) is 6.54 Å². The lowest BCUT2D eigenvalue weighted by Gasteiger charge is -2.14. The molecule has 0 saturated carbocycles. The fourth-order valence-corrected chi connectivity index (χ4v) is 1.69. The molecule has 2 N–H and O–H groups in total. The molecule has 1 aromatic rings. The minimum Gasteiger partial charge on any atom is -0.469 e. The molecule has 2 nitrogen and oxygen atoms in total. The predicted molar refractivity (Wildman–Crippen MR) is 59.2 cm³/mol. The molecular formula is C12H21NO. The number of rotatable bonds is 6. The lowest BCUT2D eigenvalue weighted by Crippen LogP contribution is -2.07. The van der Waals surface area contributed by atoms with E-state index in [0.717, 1.165) is 24.6 Å². The monoisotopic (exact) mass is 195 g/mol. The number of nitrogens with two attached hydrogens (primary N) is 1. The van der Waals surface area contributed by atoms with Gasteiger partial charge in [0.1, 0.15) is 5.76 Å². The Morgan fingerprint density at radius 1 is 1.29 bits per heavy atom. The van der Waals surface area contributed by atoms with E-state index in [1.165, 1.54) is 12.8 Å². The maximum atomic E-state index is 5.60. The van der Waals surface area contributed by atoms with Crippen molar-refractivity contribution in [2.24, 2.45) is 11.7 Å². The topological polar surface area (TPSA) is 39.2 Å². The minimum absolute atomic E-state index is 0.511. The van der Waals surface area contributed by atoms with Crippen molar-refractivity contribution in [2.45, 2.75) is 39.0 Å². The van der Waals surface area contributed by atoms with E-state index in [1.807, 2.05) is 6.07 Å². The summed E-state index contributed by atoms with van der Waals surface area (Å²) in [5, 5.41) is 0. The molecule has 1 aromatic heterocycles. The first-order chi connectivity index (χ1) is 6.74. The highest BCUT2D eigenvalue weighted by atomic mass is 16.3. The third-order valence-electron chi connectivity index (χ3n) is 2.55. The van der Waals surface area contributed by atoms with Gasteiger partial charge in [-0.3, -0.25) is 0 Å². The Morgan fingerprint density at radius 3 is 2.57 bits per heavy atom. The van der Waals surface area contributed by atoms with Gasteiger partial charge >= 0.3 is 0 Å². The third kappa shape index (κ3) is 3.54. The molecule has 0 unspecified atom stereocenters. The van der Waals surface area contributed by atoms with Crippen LogP contribution in [0.2, 0.25) is 0 Å². The molecule has 0 spiro atoms. The standard InChI is InChI=1S/C12H21NO/c1-10(2)5-6-11(7-8-13)12-4-3-9-14-12/h3-4,9-11H,5-8,13H2,1-2H3/t11-/m1/s1. The van der Waals surface area contributed by atoms with Crippen LogP contribution in [-0.4, -0.2) is 6.54 Å². The summed E-state index contributed by atoms with van der Waals surface area (Å²) in [6.07, 6.45) is 5.20. The molecule has 0 bridgehead atoms. The molecule has 2 heteroatoms. The van der Waals surface area contributed by atoms with Crippen LogP contribution in [0.15, 0.2) is 22.8 Å². The summed E-state index contributed by atoms with van der Waals surface area (Å²) in [6.45, 7) is 5.24. The summed E-state index contributed by atoms with van der Waals surface area (Å²) >= 11 is 0. The van der Waals surface area contributed by atoms with E-state index >= 15 is 0 Å². The Kier molecular flexibility index (Phi) is 4.74. The zero-order valence-electron chi connectivity index (χ0n) is 9.20. The highest BCUT2D eigenvalue weighted by molar-refractivity contribution is 5.05. The van der Waals surface area contributed by atoms with E-state index in [4.69, 9.17) is 10.2 Å². The second-order valence-corrected chi connectivity index (χ2v) is 4.26. The van der Waals surface area contributed by atoms with Crippen LogP contribution in [0, 0.1) is 5.92 Å². The molecule has 0 radical (unpaired) electrons. The van der Waals surface area contributed by atoms with E-state index in [2.05, 4.69) is 19.9 Å². The maximum absolute atomic E-state index is 5.60. The molecule has 1 heterocycles. The maximum Gasteiger partial charge on any atom is 0.106 e. The van der Waals surface area contributed by atoms with Gasteiger partial charge < -0.3 is 10.2 Å². The molecule has 0 saturated heterocycles. The van der Waals surface area contributed by atoms with Crippen molar-refractivity contribution in [3.05, 3.63) is 24.2 Å². The molecule has 0 amide bonds. The highest BCUT2D eigenvalue weighted by Gasteiger charge is 2.13. The van der Waals surface area contributed by atoms with E-state index in [0.29, 0.717) is 5.92 Å². The van der Waals surface area contributed by atoms with Gasteiger partial charge in [-0.15, -0.1) is 0 Å². The van der Waals surface area contributed by atoms with Crippen LogP contribution >= 0.6 is 0 Å². The smallest absolute Gasteiger partial charge is 0.106 e. The third-order valence-corrected chi connectivity index (χ3v) is 2.55. The number of hydrogen-bond acceptors (Lipinski definition) is 2. The molecule has 0 fully saturated rings. The Morgan fingerprint density at radius 2 is 2.07 bits per heavy atom. The van der Waals surface area contributed by atoms with Crippen molar-refractivity contribution < 1.29 is 4.42 Å². The fraction of sp³-hybridized carbons (Fsp3) is 0.667. The number of hydrogen-bond donors (Lipinski definition) is 1. The van der Waals surface area contributed by atoms with E-state index in [9.17, 15) is 0 Å². The Hall–Kier alpha value is -0.760. The van der Waals surface area contributed by atoms with Crippen molar-refractivity contribution in [3.8, 4) is 0 Å². The lowest BCUT2D eigenvalue weighted by atomic mass is 9.93. The first-order valence-electron chi connectivity index (χ1n) is 5.47. The summed E-state index contributed by atoms with van der Waals surface area (Å²) in [5.74, 6) is 2.36. The van der Waals surface area contributed by atoms with Crippen molar-refractivity contribution in [1.82, 2.24) is 0 Å². The van der Waals surface area contributed by atoms with Gasteiger partial charge in [0, 0.05) is 5.92 Å². The van der Waals surface area contributed by atoms with E-state index in [1.54, 1.807) is 6.26 Å². The molecule has 0 aliphatic heterocycles. The van der Waals surface area contributed by atoms with Gasteiger partial charge in [0.2, 0.25) is 0 Å². The summed E-state index contributed by atoms with van der Waals surface area (Å²) in [4.78, 5) is 0. The average Bonchev–Trinajstić information content (AvgIpc) is 2.64. The van der Waals surface area contributed by atoms with Crippen molar-refractivity contribution in [1.29, 1.82) is 0 Å². The summed E-state index contributed by atoms with van der Waals surface area (Å²) < 4.78 is 5.42. The molecule has 80 valence electrons. The van der Waals surface area contributed by atoms with Crippen LogP contribution in [0.5, 0.6) is 0 Å². The zero-order chi connectivity index (χ0) is 10.4. The zero-order valence-corrected chi connectivity index (χ0v) is 9.20. The highest BCUT2D eigenvalue weighted by Crippen LogP contribution is 2.26. The fourth-order valence-electron chi connectivity index (χ4n) is 1.69. The second-order valence-electron chi connectivity index (χ2n) is 4.26. The molecule has 1 atom stereocenters. The van der Waals surface area contributed by atoms with Gasteiger partial charge in [0.15, 0.2) is 0 Å². The normalized spacial score (nSPS) is 13.4. The van der Waals surface area contributed by atoms with Gasteiger partial charge in [-0.2, -0.15) is 0 Å². The van der Waals surface area contributed by atoms with Crippen LogP contribution in [0.25, 0.3) is 0 Å². The van der Waals surface area contributed by atoms with Gasteiger partial charge in [-0.1, -0.05) is 20.3 Å². The van der Waals surface area contributed by atoms with Gasteiger partial charge in [-0.05, 0) is 37.4 Å². The molecule has 14 heavy (non-hydrogen) atoms. The first-order valence-corrected chi connectivity index (χ1v) is 5.47. The van der Waals surface area contributed by atoms with E-state index in [-0.39, 0.29) is 0 Å². The van der Waals surface area contributed by atoms with Gasteiger partial charge in [0.05, 0.1) is 6.26 Å². The molecule has 0 aliphatic rings. The second kappa shape index (κ2) is 5.86. The van der Waals surface area contributed by atoms with Crippen LogP contribution < -0.4 is 5.73 Å². The molecule has 0 aliphatic carbocycles. The summed E-state index contributed by atoms with van der Waals surface area (Å²) in [6, 6.07) is 4.01. The number of furan rings is 1. The lowest BCUT2D eigenvalue weighted by molar-refractivity contribution is 0.406.